The van der Waals surface area contributed by atoms with Gasteiger partial charge in [0.2, 0.25) is 5.91 Å². The second-order valence-corrected chi connectivity index (χ2v) is 6.40. The third kappa shape index (κ3) is 3.66. The van der Waals surface area contributed by atoms with Crippen molar-refractivity contribution in [2.45, 2.75) is 39.7 Å². The number of nitrogens with zero attached hydrogens (tertiary/aromatic N) is 1. The number of anilines is 1. The van der Waals surface area contributed by atoms with Gasteiger partial charge in [-0.15, -0.1) is 0 Å². The van der Waals surface area contributed by atoms with Gasteiger partial charge in [0, 0.05) is 30.2 Å². The first kappa shape index (κ1) is 15.2. The lowest BCUT2D eigenvalue weighted by Crippen LogP contribution is -2.30. The molecular formula is C16H23ClN2O. The van der Waals surface area contributed by atoms with Crippen molar-refractivity contribution in [3.8, 4) is 0 Å². The van der Waals surface area contributed by atoms with Crippen molar-refractivity contribution >= 4 is 23.2 Å². The van der Waals surface area contributed by atoms with Gasteiger partial charge in [-0.2, -0.15) is 0 Å². The summed E-state index contributed by atoms with van der Waals surface area (Å²) in [7, 11) is 0. The molecule has 1 amide bonds. The molecule has 0 bridgehead atoms. The minimum absolute atomic E-state index is 0.237. The molecule has 0 saturated carbocycles. The number of benzene rings is 1. The Kier molecular flexibility index (Phi) is 4.92. The molecule has 0 spiro atoms. The first-order chi connectivity index (χ1) is 9.47. The molecule has 1 aliphatic heterocycles. The Morgan fingerprint density at radius 1 is 1.40 bits per heavy atom. The highest BCUT2D eigenvalue weighted by Gasteiger charge is 2.24. The van der Waals surface area contributed by atoms with Gasteiger partial charge in [-0.05, 0) is 42.4 Å². The lowest BCUT2D eigenvalue weighted by Gasteiger charge is -2.22. The summed E-state index contributed by atoms with van der Waals surface area (Å²) < 4.78 is 0. The fraction of sp³-hybridized carbons (Fsp3) is 0.562. The van der Waals surface area contributed by atoms with Crippen molar-refractivity contribution in [3.63, 3.8) is 0 Å². The molecule has 1 fully saturated rings. The number of nitrogens with two attached hydrogens (primary N) is 1. The van der Waals surface area contributed by atoms with E-state index >= 15 is 0 Å². The Hall–Kier alpha value is -1.22. The zero-order valence-electron chi connectivity index (χ0n) is 12.2. The van der Waals surface area contributed by atoms with E-state index in [2.05, 4.69) is 13.8 Å². The van der Waals surface area contributed by atoms with Crippen molar-refractivity contribution < 1.29 is 4.79 Å². The highest BCUT2D eigenvalue weighted by Crippen LogP contribution is 2.27. The highest BCUT2D eigenvalue weighted by molar-refractivity contribution is 6.31. The fourth-order valence-electron chi connectivity index (χ4n) is 2.79. The molecular weight excluding hydrogens is 272 g/mol. The van der Waals surface area contributed by atoms with Crippen LogP contribution in [-0.4, -0.2) is 17.4 Å². The lowest BCUT2D eigenvalue weighted by atomic mass is 9.89. The number of halogens is 1. The molecule has 1 atom stereocenters. The number of hydrogen-bond donors (Lipinski definition) is 1. The van der Waals surface area contributed by atoms with E-state index in [1.807, 2.05) is 17.0 Å². The summed E-state index contributed by atoms with van der Waals surface area (Å²) in [5.74, 6) is 1.52. The maximum absolute atomic E-state index is 12.2. The van der Waals surface area contributed by atoms with E-state index in [-0.39, 0.29) is 5.91 Å². The van der Waals surface area contributed by atoms with E-state index in [1.165, 1.54) is 0 Å². The van der Waals surface area contributed by atoms with Crippen LogP contribution in [0.5, 0.6) is 0 Å². The minimum atomic E-state index is 0.237. The number of carbonyl (C=O) groups is 1. The van der Waals surface area contributed by atoms with Gasteiger partial charge in [-0.3, -0.25) is 4.79 Å². The average molecular weight is 295 g/mol. The number of likely N-dealkylation sites (tertiary alicyclic amines) is 1. The molecule has 20 heavy (non-hydrogen) atoms. The van der Waals surface area contributed by atoms with Crippen LogP contribution in [0, 0.1) is 11.8 Å². The van der Waals surface area contributed by atoms with E-state index in [0.717, 1.165) is 24.9 Å². The van der Waals surface area contributed by atoms with Gasteiger partial charge in [-0.1, -0.05) is 31.5 Å². The molecule has 0 aliphatic carbocycles. The van der Waals surface area contributed by atoms with Gasteiger partial charge in [0.1, 0.15) is 0 Å². The normalized spacial score (nSPS) is 20.3. The quantitative estimate of drug-likeness (QED) is 0.864. The van der Waals surface area contributed by atoms with Gasteiger partial charge in [0.15, 0.2) is 0 Å². The van der Waals surface area contributed by atoms with Crippen molar-refractivity contribution in [2.75, 3.05) is 12.3 Å². The Labute approximate surface area is 126 Å². The van der Waals surface area contributed by atoms with Gasteiger partial charge in [-0.25, -0.2) is 0 Å². The van der Waals surface area contributed by atoms with Crippen molar-refractivity contribution in [3.05, 3.63) is 28.8 Å². The molecule has 1 aliphatic rings. The van der Waals surface area contributed by atoms with Crippen molar-refractivity contribution in [1.29, 1.82) is 0 Å². The average Bonchev–Trinajstić information content (AvgIpc) is 2.56. The molecule has 1 heterocycles. The number of rotatable bonds is 3. The second-order valence-electron chi connectivity index (χ2n) is 6.00. The van der Waals surface area contributed by atoms with Crippen LogP contribution in [0.1, 0.15) is 38.7 Å². The zero-order valence-corrected chi connectivity index (χ0v) is 13.0. The van der Waals surface area contributed by atoms with Crippen LogP contribution in [0.4, 0.5) is 5.69 Å². The molecule has 1 saturated heterocycles. The molecule has 0 aromatic heterocycles. The zero-order chi connectivity index (χ0) is 14.7. The van der Waals surface area contributed by atoms with E-state index in [9.17, 15) is 4.79 Å². The summed E-state index contributed by atoms with van der Waals surface area (Å²) in [6.07, 6.45) is 2.73. The number of amides is 1. The van der Waals surface area contributed by atoms with E-state index in [4.69, 9.17) is 17.3 Å². The van der Waals surface area contributed by atoms with Crippen LogP contribution in [0.15, 0.2) is 18.2 Å². The molecule has 0 radical (unpaired) electrons. The largest absolute Gasteiger partial charge is 0.399 e. The first-order valence-electron chi connectivity index (χ1n) is 7.29. The van der Waals surface area contributed by atoms with Gasteiger partial charge in [0.05, 0.1) is 0 Å². The molecule has 1 aromatic carbocycles. The van der Waals surface area contributed by atoms with Crippen LogP contribution >= 0.6 is 11.6 Å². The Balaban J connectivity index is 2.06. The Bertz CT molecular complexity index is 487. The van der Waals surface area contributed by atoms with Crippen LogP contribution in [0.3, 0.4) is 0 Å². The smallest absolute Gasteiger partial charge is 0.222 e. The van der Waals surface area contributed by atoms with E-state index in [1.54, 1.807) is 6.07 Å². The van der Waals surface area contributed by atoms with Gasteiger partial charge < -0.3 is 10.6 Å². The third-order valence-corrected chi connectivity index (χ3v) is 4.58. The molecule has 110 valence electrons. The molecule has 2 N–H and O–H groups in total. The monoisotopic (exact) mass is 294 g/mol. The third-order valence-electron chi connectivity index (χ3n) is 4.23. The van der Waals surface area contributed by atoms with E-state index in [0.29, 0.717) is 35.5 Å². The predicted octanol–water partition coefficient (Wildman–Crippen LogP) is 3.71. The fourth-order valence-corrected chi connectivity index (χ4v) is 3.04. The maximum Gasteiger partial charge on any atom is 0.222 e. The Morgan fingerprint density at radius 2 is 2.15 bits per heavy atom. The summed E-state index contributed by atoms with van der Waals surface area (Å²) in [4.78, 5) is 14.2. The van der Waals surface area contributed by atoms with Crippen LogP contribution in [-0.2, 0) is 11.3 Å². The number of nitrogen functional groups attached to an aromatic ring is 1. The lowest BCUT2D eigenvalue weighted by molar-refractivity contribution is -0.131. The Morgan fingerprint density at radius 3 is 2.80 bits per heavy atom. The van der Waals surface area contributed by atoms with Crippen LogP contribution < -0.4 is 5.73 Å². The van der Waals surface area contributed by atoms with Gasteiger partial charge in [0.25, 0.3) is 0 Å². The van der Waals surface area contributed by atoms with Crippen molar-refractivity contribution in [1.82, 2.24) is 4.90 Å². The van der Waals surface area contributed by atoms with Crippen molar-refractivity contribution in [2.24, 2.45) is 11.8 Å². The first-order valence-corrected chi connectivity index (χ1v) is 7.67. The molecule has 2 rings (SSSR count). The predicted molar refractivity (Wildman–Crippen MR) is 83.5 cm³/mol. The second kappa shape index (κ2) is 6.49. The summed E-state index contributed by atoms with van der Waals surface area (Å²) in [5, 5.41) is 0.641. The van der Waals surface area contributed by atoms with Gasteiger partial charge >= 0.3 is 0 Å². The number of carbonyl (C=O) groups excluding carboxylic acids is 1. The standard InChI is InChI=1S/C16H23ClN2O/c1-11(2)12-4-6-16(20)19(8-7-12)10-13-3-5-14(18)9-15(13)17/h3,5,9,11-12H,4,6-8,10,18H2,1-2H3. The minimum Gasteiger partial charge on any atom is -0.399 e. The summed E-state index contributed by atoms with van der Waals surface area (Å²) in [6.45, 7) is 5.88. The summed E-state index contributed by atoms with van der Waals surface area (Å²) in [5.41, 5.74) is 7.32. The topological polar surface area (TPSA) is 46.3 Å². The van der Waals surface area contributed by atoms with Crippen LogP contribution in [0.25, 0.3) is 0 Å². The summed E-state index contributed by atoms with van der Waals surface area (Å²) >= 11 is 6.20. The van der Waals surface area contributed by atoms with E-state index < -0.39 is 0 Å². The molecule has 3 nitrogen and oxygen atoms in total. The SMILES string of the molecule is CC(C)C1CCC(=O)N(Cc2ccc(N)cc2Cl)CC1. The molecule has 1 unspecified atom stereocenters. The summed E-state index contributed by atoms with van der Waals surface area (Å²) in [6, 6.07) is 5.49. The highest BCUT2D eigenvalue weighted by atomic mass is 35.5. The molecule has 4 heteroatoms. The maximum atomic E-state index is 12.2. The van der Waals surface area contributed by atoms with Crippen LogP contribution in [0.2, 0.25) is 5.02 Å². The molecule has 1 aromatic rings. The number of hydrogen-bond acceptors (Lipinski definition) is 2.